The first-order valence-electron chi connectivity index (χ1n) is 14.0. The summed E-state index contributed by atoms with van der Waals surface area (Å²) in [6.07, 6.45) is 1.95. The number of carbonyl (C=O) groups excluding carboxylic acids is 2. The van der Waals surface area contributed by atoms with Crippen molar-refractivity contribution in [3.63, 3.8) is 0 Å². The molecule has 0 aliphatic heterocycles. The summed E-state index contributed by atoms with van der Waals surface area (Å²) in [7, 11) is -3.57. The number of nitrogens with zero attached hydrogens (tertiary/aromatic N) is 2. The van der Waals surface area contributed by atoms with Crippen LogP contribution >= 0.6 is 0 Å². The van der Waals surface area contributed by atoms with Gasteiger partial charge in [0.05, 0.1) is 11.9 Å². The zero-order chi connectivity index (χ0) is 30.2. The van der Waals surface area contributed by atoms with Gasteiger partial charge in [-0.25, -0.2) is 8.42 Å². The molecule has 220 valence electrons. The van der Waals surface area contributed by atoms with E-state index in [0.29, 0.717) is 18.5 Å². The molecule has 0 radical (unpaired) electrons. The van der Waals surface area contributed by atoms with Crippen LogP contribution in [0.2, 0.25) is 0 Å². The summed E-state index contributed by atoms with van der Waals surface area (Å²) in [5.41, 5.74) is 3.81. The number of benzene rings is 3. The molecular weight excluding hydrogens is 534 g/mol. The monoisotopic (exact) mass is 577 g/mol. The van der Waals surface area contributed by atoms with Crippen LogP contribution in [0.4, 0.5) is 5.69 Å². The number of sulfonamides is 1. The Bertz CT molecular complexity index is 1420. The van der Waals surface area contributed by atoms with Crippen LogP contribution in [0.3, 0.4) is 0 Å². The topological polar surface area (TPSA) is 86.8 Å². The molecule has 0 saturated carbocycles. The van der Waals surface area contributed by atoms with Crippen LogP contribution in [0.25, 0.3) is 0 Å². The van der Waals surface area contributed by atoms with Crippen LogP contribution in [0.15, 0.2) is 78.9 Å². The summed E-state index contributed by atoms with van der Waals surface area (Å²) in [6, 6.07) is 24.2. The number of anilines is 1. The minimum absolute atomic E-state index is 0.0950. The van der Waals surface area contributed by atoms with Gasteiger partial charge < -0.3 is 10.2 Å². The fourth-order valence-electron chi connectivity index (χ4n) is 4.76. The van der Waals surface area contributed by atoms with Gasteiger partial charge in [-0.3, -0.25) is 13.9 Å². The van der Waals surface area contributed by atoms with Crippen molar-refractivity contribution in [2.75, 3.05) is 17.1 Å². The Morgan fingerprint density at radius 3 is 2.02 bits per heavy atom. The zero-order valence-electron chi connectivity index (χ0n) is 25.1. The van der Waals surface area contributed by atoms with E-state index in [4.69, 9.17) is 0 Å². The summed E-state index contributed by atoms with van der Waals surface area (Å²) in [5, 5.41) is 3.07. The average molecular weight is 578 g/mol. The minimum Gasteiger partial charge on any atom is -0.350 e. The molecule has 3 aromatic rings. The van der Waals surface area contributed by atoms with E-state index in [-0.39, 0.29) is 31.3 Å². The van der Waals surface area contributed by atoms with Gasteiger partial charge >= 0.3 is 0 Å². The Hall–Kier alpha value is -3.65. The molecule has 0 unspecified atom stereocenters. The van der Waals surface area contributed by atoms with Gasteiger partial charge in [-0.15, -0.1) is 0 Å². The van der Waals surface area contributed by atoms with E-state index in [1.54, 1.807) is 4.90 Å². The summed E-state index contributed by atoms with van der Waals surface area (Å²) in [4.78, 5) is 29.2. The van der Waals surface area contributed by atoms with Gasteiger partial charge in [0, 0.05) is 31.5 Å². The van der Waals surface area contributed by atoms with E-state index >= 15 is 0 Å². The fraction of sp³-hybridized carbons (Fsp3) is 0.394. The Balaban J connectivity index is 1.90. The van der Waals surface area contributed by atoms with E-state index in [0.717, 1.165) is 22.3 Å². The second-order valence-electron chi connectivity index (χ2n) is 11.7. The highest BCUT2D eigenvalue weighted by Gasteiger charge is 2.32. The first-order valence-corrected chi connectivity index (χ1v) is 15.8. The van der Waals surface area contributed by atoms with Crippen molar-refractivity contribution in [2.24, 2.45) is 0 Å². The highest BCUT2D eigenvalue weighted by Crippen LogP contribution is 2.25. The minimum atomic E-state index is -3.57. The van der Waals surface area contributed by atoms with Crippen molar-refractivity contribution < 1.29 is 18.0 Å². The highest BCUT2D eigenvalue weighted by molar-refractivity contribution is 7.92. The molecular formula is C33H43N3O4S. The number of carbonyl (C=O) groups is 2. The van der Waals surface area contributed by atoms with Gasteiger partial charge in [-0.05, 0) is 69.4 Å². The molecule has 0 heterocycles. The molecule has 8 heteroatoms. The van der Waals surface area contributed by atoms with Gasteiger partial charge in [0.1, 0.15) is 6.04 Å². The van der Waals surface area contributed by atoms with Crippen LogP contribution < -0.4 is 9.62 Å². The van der Waals surface area contributed by atoms with E-state index < -0.39 is 21.6 Å². The molecule has 41 heavy (non-hydrogen) atoms. The standard InChI is InChI=1S/C33H43N3O4S/c1-25-19-20-26(2)29(22-25)36(41(6,39)40)21-13-18-31(37)35(24-28-16-11-8-12-17-28)30(32(38)34-33(3,4)5)23-27-14-9-7-10-15-27/h7-12,14-17,19-20,22,30H,13,18,21,23-24H2,1-6H3,(H,34,38)/t30-/m1/s1. The third kappa shape index (κ3) is 9.74. The van der Waals surface area contributed by atoms with Crippen molar-refractivity contribution in [3.8, 4) is 0 Å². The molecule has 3 rings (SSSR count). The molecule has 1 atom stereocenters. The molecule has 2 amide bonds. The molecule has 0 fully saturated rings. The lowest BCUT2D eigenvalue weighted by molar-refractivity contribution is -0.142. The van der Waals surface area contributed by atoms with Crippen LogP contribution in [0.5, 0.6) is 0 Å². The summed E-state index contributed by atoms with van der Waals surface area (Å²) >= 11 is 0. The van der Waals surface area contributed by atoms with Crippen molar-refractivity contribution in [2.45, 2.75) is 72.0 Å². The third-order valence-electron chi connectivity index (χ3n) is 6.75. The summed E-state index contributed by atoms with van der Waals surface area (Å²) < 4.78 is 26.9. The molecule has 1 N–H and O–H groups in total. The molecule has 7 nitrogen and oxygen atoms in total. The Morgan fingerprint density at radius 1 is 0.878 bits per heavy atom. The van der Waals surface area contributed by atoms with Crippen LogP contribution in [-0.4, -0.2) is 49.5 Å². The number of hydrogen-bond acceptors (Lipinski definition) is 4. The number of nitrogens with one attached hydrogen (secondary N) is 1. The number of aryl methyl sites for hydroxylation is 2. The maximum absolute atomic E-state index is 13.9. The molecule has 0 aliphatic carbocycles. The van der Waals surface area contributed by atoms with E-state index in [1.165, 1.54) is 10.6 Å². The van der Waals surface area contributed by atoms with Gasteiger partial charge in [0.2, 0.25) is 21.8 Å². The molecule has 0 spiro atoms. The van der Waals surface area contributed by atoms with Crippen molar-refractivity contribution in [3.05, 3.63) is 101 Å². The number of rotatable bonds is 12. The second-order valence-corrected chi connectivity index (χ2v) is 13.6. The van der Waals surface area contributed by atoms with E-state index in [1.807, 2.05) is 113 Å². The summed E-state index contributed by atoms with van der Waals surface area (Å²) in [6.45, 7) is 9.97. The quantitative estimate of drug-likeness (QED) is 0.312. The smallest absolute Gasteiger partial charge is 0.243 e. The lowest BCUT2D eigenvalue weighted by Crippen LogP contribution is -2.54. The largest absolute Gasteiger partial charge is 0.350 e. The first-order chi connectivity index (χ1) is 19.2. The van der Waals surface area contributed by atoms with Crippen LogP contribution in [0.1, 0.15) is 55.9 Å². The van der Waals surface area contributed by atoms with Crippen molar-refractivity contribution >= 4 is 27.5 Å². The number of amides is 2. The third-order valence-corrected chi connectivity index (χ3v) is 7.93. The maximum Gasteiger partial charge on any atom is 0.243 e. The Kier molecular flexibility index (Phi) is 10.7. The maximum atomic E-state index is 13.9. The van der Waals surface area contributed by atoms with Crippen LogP contribution in [-0.2, 0) is 32.6 Å². The molecule has 0 aliphatic rings. The van der Waals surface area contributed by atoms with E-state index in [2.05, 4.69) is 5.32 Å². The normalized spacial score (nSPS) is 12.4. The van der Waals surface area contributed by atoms with E-state index in [9.17, 15) is 18.0 Å². The predicted molar refractivity (Wildman–Crippen MR) is 166 cm³/mol. The molecule has 0 saturated heterocycles. The lowest BCUT2D eigenvalue weighted by atomic mass is 10.00. The SMILES string of the molecule is Cc1ccc(C)c(N(CCCC(=O)N(Cc2ccccc2)[C@H](Cc2ccccc2)C(=O)NC(C)(C)C)S(C)(=O)=O)c1. The Labute approximate surface area is 245 Å². The van der Waals surface area contributed by atoms with Crippen molar-refractivity contribution in [1.29, 1.82) is 0 Å². The average Bonchev–Trinajstić information content (AvgIpc) is 2.89. The first kappa shape index (κ1) is 31.9. The summed E-state index contributed by atoms with van der Waals surface area (Å²) in [5.74, 6) is -0.424. The lowest BCUT2D eigenvalue weighted by Gasteiger charge is -2.34. The van der Waals surface area contributed by atoms with Crippen LogP contribution in [0, 0.1) is 13.8 Å². The van der Waals surface area contributed by atoms with Gasteiger partial charge in [-0.1, -0.05) is 72.8 Å². The Morgan fingerprint density at radius 2 is 1.46 bits per heavy atom. The molecule has 0 bridgehead atoms. The predicted octanol–water partition coefficient (Wildman–Crippen LogP) is 5.40. The fourth-order valence-corrected chi connectivity index (χ4v) is 5.77. The zero-order valence-corrected chi connectivity index (χ0v) is 25.9. The number of hydrogen-bond donors (Lipinski definition) is 1. The van der Waals surface area contributed by atoms with Crippen molar-refractivity contribution in [1.82, 2.24) is 10.2 Å². The highest BCUT2D eigenvalue weighted by atomic mass is 32.2. The van der Waals surface area contributed by atoms with Gasteiger partial charge in [0.15, 0.2) is 0 Å². The molecule has 0 aromatic heterocycles. The van der Waals surface area contributed by atoms with Gasteiger partial charge in [-0.2, -0.15) is 0 Å². The molecule has 3 aromatic carbocycles. The van der Waals surface area contributed by atoms with Gasteiger partial charge in [0.25, 0.3) is 0 Å². The second kappa shape index (κ2) is 13.8.